The first kappa shape index (κ1) is 15.6. The predicted molar refractivity (Wildman–Crippen MR) is 90.5 cm³/mol. The number of hydrogen-bond donors (Lipinski definition) is 0. The van der Waals surface area contributed by atoms with Gasteiger partial charge in [-0.15, -0.1) is 0 Å². The quantitative estimate of drug-likeness (QED) is 0.806. The van der Waals surface area contributed by atoms with E-state index in [1.54, 1.807) is 22.9 Å². The van der Waals surface area contributed by atoms with E-state index < -0.39 is 0 Å². The summed E-state index contributed by atoms with van der Waals surface area (Å²) in [5.41, 5.74) is 2.58. The Kier molecular flexibility index (Phi) is 4.09. The van der Waals surface area contributed by atoms with Crippen LogP contribution >= 0.6 is 11.6 Å². The van der Waals surface area contributed by atoms with Crippen molar-refractivity contribution in [1.82, 2.24) is 4.90 Å². The number of carbonyl (C=O) groups excluding carboxylic acids is 2. The summed E-state index contributed by atoms with van der Waals surface area (Å²) >= 11 is 6.19. The average Bonchev–Trinajstić information content (AvgIpc) is 2.64. The molecule has 23 heavy (non-hydrogen) atoms. The van der Waals surface area contributed by atoms with Gasteiger partial charge in [0, 0.05) is 30.2 Å². The Labute approximate surface area is 140 Å². The Morgan fingerprint density at radius 1 is 1.17 bits per heavy atom. The lowest BCUT2D eigenvalue weighted by molar-refractivity contribution is -0.134. The fourth-order valence-corrected chi connectivity index (χ4v) is 3.16. The van der Waals surface area contributed by atoms with Gasteiger partial charge < -0.3 is 9.80 Å². The van der Waals surface area contributed by atoms with E-state index in [1.165, 1.54) is 6.92 Å². The zero-order valence-electron chi connectivity index (χ0n) is 13.0. The Morgan fingerprint density at radius 3 is 2.52 bits per heavy atom. The number of rotatable bonds is 1. The van der Waals surface area contributed by atoms with Gasteiger partial charge in [-0.2, -0.15) is 0 Å². The van der Waals surface area contributed by atoms with E-state index in [-0.39, 0.29) is 24.4 Å². The average molecular weight is 329 g/mol. The molecular formula is C18H17ClN2O2. The molecule has 1 aliphatic heterocycles. The molecule has 0 spiro atoms. The lowest BCUT2D eigenvalue weighted by atomic mass is 9.95. The van der Waals surface area contributed by atoms with Crippen molar-refractivity contribution in [3.05, 3.63) is 64.7 Å². The van der Waals surface area contributed by atoms with Gasteiger partial charge >= 0.3 is 0 Å². The van der Waals surface area contributed by atoms with Gasteiger partial charge in [-0.25, -0.2) is 0 Å². The largest absolute Gasteiger partial charge is 0.322 e. The van der Waals surface area contributed by atoms with E-state index in [4.69, 9.17) is 11.6 Å². The molecule has 4 nitrogen and oxygen atoms in total. The SMILES string of the molecule is CC(=O)N1CC(=O)N(C)c2ccc(Cl)cc2C1c1ccccc1. The molecule has 2 aromatic carbocycles. The Morgan fingerprint density at radius 2 is 1.87 bits per heavy atom. The molecule has 1 heterocycles. The van der Waals surface area contributed by atoms with Crippen LogP contribution in [0.5, 0.6) is 0 Å². The summed E-state index contributed by atoms with van der Waals surface area (Å²) in [5, 5.41) is 0.580. The van der Waals surface area contributed by atoms with E-state index in [2.05, 4.69) is 0 Å². The van der Waals surface area contributed by atoms with Crippen molar-refractivity contribution >= 4 is 29.1 Å². The second-order valence-corrected chi connectivity index (χ2v) is 6.05. The fourth-order valence-electron chi connectivity index (χ4n) is 2.98. The summed E-state index contributed by atoms with van der Waals surface area (Å²) in [6.07, 6.45) is 0. The minimum absolute atomic E-state index is 0.0394. The van der Waals surface area contributed by atoms with Crippen molar-refractivity contribution < 1.29 is 9.59 Å². The number of carbonyl (C=O) groups is 2. The Hall–Kier alpha value is -2.33. The second kappa shape index (κ2) is 6.05. The standard InChI is InChI=1S/C18H17ClN2O2/c1-12(22)21-11-17(23)20(2)16-9-8-14(19)10-15(16)18(21)13-6-4-3-5-7-13/h3-10,18H,11H2,1-2H3. The molecule has 0 saturated heterocycles. The van der Waals surface area contributed by atoms with Crippen molar-refractivity contribution in [2.75, 3.05) is 18.5 Å². The summed E-state index contributed by atoms with van der Waals surface area (Å²) in [6.45, 7) is 1.52. The molecule has 1 atom stereocenters. The van der Waals surface area contributed by atoms with Crippen LogP contribution in [0.15, 0.2) is 48.5 Å². The van der Waals surface area contributed by atoms with Crippen LogP contribution in [0.3, 0.4) is 0 Å². The van der Waals surface area contributed by atoms with Crippen LogP contribution in [0.25, 0.3) is 0 Å². The van der Waals surface area contributed by atoms with Crippen LogP contribution in [-0.2, 0) is 9.59 Å². The first-order valence-electron chi connectivity index (χ1n) is 7.37. The van der Waals surface area contributed by atoms with Crippen LogP contribution in [0, 0.1) is 0 Å². The number of amides is 2. The molecular weight excluding hydrogens is 312 g/mol. The van der Waals surface area contributed by atoms with Gasteiger partial charge in [-0.3, -0.25) is 9.59 Å². The summed E-state index contributed by atoms with van der Waals surface area (Å²) in [4.78, 5) is 27.8. The maximum atomic E-state index is 12.5. The molecule has 5 heteroatoms. The summed E-state index contributed by atoms with van der Waals surface area (Å²) in [5.74, 6) is -0.268. The van der Waals surface area contributed by atoms with Crippen LogP contribution in [0.2, 0.25) is 5.02 Å². The number of likely N-dealkylation sites (N-methyl/N-ethyl adjacent to an activating group) is 1. The normalized spacial score (nSPS) is 17.7. The molecule has 0 fully saturated rings. The van der Waals surface area contributed by atoms with Gasteiger partial charge in [0.1, 0.15) is 6.54 Å². The zero-order valence-corrected chi connectivity index (χ0v) is 13.7. The van der Waals surface area contributed by atoms with Crippen molar-refractivity contribution in [2.45, 2.75) is 13.0 Å². The van der Waals surface area contributed by atoms with Crippen molar-refractivity contribution in [2.24, 2.45) is 0 Å². The van der Waals surface area contributed by atoms with Gasteiger partial charge in [0.2, 0.25) is 11.8 Å². The number of nitrogens with zero attached hydrogens (tertiary/aromatic N) is 2. The summed E-state index contributed by atoms with van der Waals surface area (Å²) in [6, 6.07) is 14.8. The van der Waals surface area contributed by atoms with E-state index in [0.29, 0.717) is 5.02 Å². The maximum absolute atomic E-state index is 12.5. The molecule has 0 aromatic heterocycles. The van der Waals surface area contributed by atoms with Crippen molar-refractivity contribution in [3.8, 4) is 0 Å². The highest BCUT2D eigenvalue weighted by Gasteiger charge is 2.34. The van der Waals surface area contributed by atoms with Gasteiger partial charge in [0.25, 0.3) is 0 Å². The van der Waals surface area contributed by atoms with E-state index in [0.717, 1.165) is 16.8 Å². The molecule has 3 rings (SSSR count). The number of hydrogen-bond acceptors (Lipinski definition) is 2. The third-order valence-electron chi connectivity index (χ3n) is 4.16. The van der Waals surface area contributed by atoms with Crippen LogP contribution in [0.4, 0.5) is 5.69 Å². The highest BCUT2D eigenvalue weighted by atomic mass is 35.5. The van der Waals surface area contributed by atoms with Gasteiger partial charge in [0.15, 0.2) is 0 Å². The van der Waals surface area contributed by atoms with Crippen LogP contribution in [-0.4, -0.2) is 30.3 Å². The molecule has 1 unspecified atom stereocenters. The van der Waals surface area contributed by atoms with E-state index >= 15 is 0 Å². The maximum Gasteiger partial charge on any atom is 0.246 e. The minimum Gasteiger partial charge on any atom is -0.322 e. The Balaban J connectivity index is 2.27. The number of anilines is 1. The lowest BCUT2D eigenvalue weighted by Crippen LogP contribution is -2.39. The molecule has 0 aliphatic carbocycles. The molecule has 2 amide bonds. The summed E-state index contributed by atoms with van der Waals surface area (Å²) < 4.78 is 0. The Bertz CT molecular complexity index is 761. The van der Waals surface area contributed by atoms with Gasteiger partial charge in [-0.05, 0) is 23.8 Å². The third kappa shape index (κ3) is 2.82. The van der Waals surface area contributed by atoms with Crippen molar-refractivity contribution in [3.63, 3.8) is 0 Å². The molecule has 0 N–H and O–H groups in total. The highest BCUT2D eigenvalue weighted by Crippen LogP contribution is 2.38. The topological polar surface area (TPSA) is 40.6 Å². The van der Waals surface area contributed by atoms with E-state index in [9.17, 15) is 9.59 Å². The molecule has 2 aromatic rings. The third-order valence-corrected chi connectivity index (χ3v) is 4.39. The van der Waals surface area contributed by atoms with Gasteiger partial charge in [-0.1, -0.05) is 41.9 Å². The fraction of sp³-hybridized carbons (Fsp3) is 0.222. The lowest BCUT2D eigenvalue weighted by Gasteiger charge is -2.29. The summed E-state index contributed by atoms with van der Waals surface area (Å²) in [7, 11) is 1.72. The monoisotopic (exact) mass is 328 g/mol. The highest BCUT2D eigenvalue weighted by molar-refractivity contribution is 6.30. The minimum atomic E-state index is -0.337. The molecule has 0 radical (unpaired) electrons. The first-order valence-corrected chi connectivity index (χ1v) is 7.75. The first-order chi connectivity index (χ1) is 11.0. The number of halogens is 1. The molecule has 118 valence electrons. The second-order valence-electron chi connectivity index (χ2n) is 5.62. The van der Waals surface area contributed by atoms with Crippen LogP contribution < -0.4 is 4.90 Å². The molecule has 1 aliphatic rings. The number of benzene rings is 2. The molecule has 0 saturated carbocycles. The van der Waals surface area contributed by atoms with Crippen LogP contribution in [0.1, 0.15) is 24.1 Å². The van der Waals surface area contributed by atoms with Gasteiger partial charge in [0.05, 0.1) is 6.04 Å². The van der Waals surface area contributed by atoms with E-state index in [1.807, 2.05) is 42.5 Å². The zero-order chi connectivity index (χ0) is 16.6. The van der Waals surface area contributed by atoms with Crippen molar-refractivity contribution in [1.29, 1.82) is 0 Å². The number of fused-ring (bicyclic) bond motifs is 1. The smallest absolute Gasteiger partial charge is 0.246 e. The predicted octanol–water partition coefficient (Wildman–Crippen LogP) is 3.25. The molecule has 0 bridgehead atoms.